The van der Waals surface area contributed by atoms with Crippen molar-refractivity contribution in [3.63, 3.8) is 0 Å². The molecule has 0 saturated carbocycles. The molecule has 1 aliphatic heterocycles. The number of benzene rings is 12. The third kappa shape index (κ3) is 22.7. The molecule has 12 aromatic rings. The number of nitrogens with two attached hydrogens (primary N) is 2. The fourth-order valence-electron chi connectivity index (χ4n) is 16.9. The van der Waals surface area contributed by atoms with Gasteiger partial charge in [-0.05, 0) is 281 Å². The van der Waals surface area contributed by atoms with Crippen LogP contribution in [0.4, 0.5) is 48.5 Å². The van der Waals surface area contributed by atoms with Gasteiger partial charge in [-0.2, -0.15) is 0 Å². The van der Waals surface area contributed by atoms with Gasteiger partial charge in [-0.25, -0.2) is 14.4 Å². The minimum absolute atomic E-state index is 0. The molecule has 12 aromatic carbocycles. The van der Waals surface area contributed by atoms with Crippen LogP contribution in [0.2, 0.25) is 0 Å². The molecular formula is C105H107BN7Na2O13. The zero-order chi connectivity index (χ0) is 87.9. The Morgan fingerprint density at radius 2 is 0.664 bits per heavy atom. The normalized spacial score (nSPS) is 14.8. The van der Waals surface area contributed by atoms with Crippen molar-refractivity contribution in [1.29, 1.82) is 0 Å². The molecule has 0 saturated heterocycles. The second-order valence-electron chi connectivity index (χ2n) is 34.2. The number of fused-ring (bicyclic) bond motifs is 18. The molecule has 20 nitrogen and oxygen atoms in total. The van der Waals surface area contributed by atoms with Gasteiger partial charge >= 0.3 is 77.4 Å². The van der Waals surface area contributed by atoms with E-state index >= 15 is 0 Å². The van der Waals surface area contributed by atoms with Gasteiger partial charge in [0.05, 0.1) is 25.7 Å². The number of aldehydes is 1. The van der Waals surface area contributed by atoms with Gasteiger partial charge in [-0.15, -0.1) is 0 Å². The van der Waals surface area contributed by atoms with E-state index in [0.29, 0.717) is 17.1 Å². The summed E-state index contributed by atoms with van der Waals surface area (Å²) in [6.45, 7) is 16.7. The number of carbonyl (C=O) groups excluding carboxylic acids is 7. The van der Waals surface area contributed by atoms with E-state index in [-0.39, 0.29) is 140 Å². The largest absolute Gasteiger partial charge is 1.00 e. The third-order valence-electron chi connectivity index (χ3n) is 22.1. The smallest absolute Gasteiger partial charge is 1.00 e. The summed E-state index contributed by atoms with van der Waals surface area (Å²) in [5.74, 6) is -1.45. The maximum atomic E-state index is 12.2. The van der Waals surface area contributed by atoms with Gasteiger partial charge < -0.3 is 54.0 Å². The molecule has 23 heteroatoms. The summed E-state index contributed by atoms with van der Waals surface area (Å²) >= 11 is 0. The summed E-state index contributed by atoms with van der Waals surface area (Å²) in [5.41, 5.74) is 42.3. The van der Waals surface area contributed by atoms with Gasteiger partial charge in [-0.3, -0.25) is 35.2 Å². The van der Waals surface area contributed by atoms with Crippen LogP contribution in [-0.4, -0.2) is 114 Å². The Labute approximate surface area is 797 Å². The van der Waals surface area contributed by atoms with Gasteiger partial charge in [-0.1, -0.05) is 189 Å². The average molecular weight is 1730 g/mol. The first kappa shape index (κ1) is 98.2. The Morgan fingerprint density at radius 3 is 1.06 bits per heavy atom. The van der Waals surface area contributed by atoms with Gasteiger partial charge in [0.1, 0.15) is 23.1 Å². The summed E-state index contributed by atoms with van der Waals surface area (Å²) in [7, 11) is 0. The Kier molecular flexibility index (Phi) is 32.4. The molecule has 6 aliphatic carbocycles. The van der Waals surface area contributed by atoms with E-state index in [1.807, 2.05) is 232 Å². The molecular weight excluding hydrogens is 1620 g/mol. The number of amides is 6. The topological polar surface area (TPSA) is 311 Å². The van der Waals surface area contributed by atoms with Crippen molar-refractivity contribution < 1.29 is 125 Å². The van der Waals surface area contributed by atoms with E-state index in [1.165, 1.54) is 73.4 Å². The molecule has 645 valence electrons. The molecule has 11 N–H and O–H groups in total. The number of aliphatic hydroxyl groups is 3. The Bertz CT molecular complexity index is 6170. The summed E-state index contributed by atoms with van der Waals surface area (Å²) in [6, 6.07) is 84.2. The monoisotopic (exact) mass is 1730 g/mol. The van der Waals surface area contributed by atoms with Crippen molar-refractivity contribution in [2.24, 2.45) is 0 Å². The molecule has 0 spiro atoms. The van der Waals surface area contributed by atoms with Crippen LogP contribution in [0.3, 0.4) is 0 Å². The van der Waals surface area contributed by atoms with Crippen LogP contribution in [0.5, 0.6) is 0 Å². The molecule has 0 fully saturated rings. The number of ether oxygens (including phenoxy) is 3. The van der Waals surface area contributed by atoms with E-state index in [4.69, 9.17) is 25.7 Å². The molecule has 0 aromatic heterocycles. The van der Waals surface area contributed by atoms with E-state index in [0.717, 1.165) is 113 Å². The van der Waals surface area contributed by atoms with Crippen molar-refractivity contribution in [2.45, 2.75) is 129 Å². The maximum Gasteiger partial charge on any atom is 1.00 e. The second-order valence-corrected chi connectivity index (χ2v) is 34.2. The molecule has 128 heavy (non-hydrogen) atoms. The number of carbonyl (C=O) groups is 7. The van der Waals surface area contributed by atoms with Crippen LogP contribution in [-0.2, 0) is 46.2 Å². The number of nitrogens with zero attached hydrogens (tertiary/aromatic N) is 1. The Hall–Kier alpha value is -12.0. The predicted octanol–water partition coefficient (Wildman–Crippen LogP) is 14.8. The minimum atomic E-state index is -0.553. The first-order valence-electron chi connectivity index (χ1n) is 41.4. The van der Waals surface area contributed by atoms with E-state index in [2.05, 4.69) is 106 Å². The quantitative estimate of drug-likeness (QED) is 0.0191. The second kappa shape index (κ2) is 42.3. The molecule has 7 aliphatic rings. The summed E-state index contributed by atoms with van der Waals surface area (Å²) < 4.78 is 15.8. The first-order chi connectivity index (χ1) is 59.4. The van der Waals surface area contributed by atoms with E-state index < -0.39 is 46.9 Å². The predicted molar refractivity (Wildman–Crippen MR) is 504 cm³/mol. The van der Waals surface area contributed by atoms with Gasteiger partial charge in [0.15, 0.2) is 0 Å². The average Bonchev–Trinajstić information content (AvgIpc) is 1.62. The first-order valence-corrected chi connectivity index (χ1v) is 41.4. The Morgan fingerprint density at radius 1 is 0.375 bits per heavy atom. The molecule has 4 atom stereocenters. The maximum absolute atomic E-state index is 12.2. The summed E-state index contributed by atoms with van der Waals surface area (Å²) in [6.07, 6.45) is 3.91. The van der Waals surface area contributed by atoms with Crippen molar-refractivity contribution in [2.75, 3.05) is 59.1 Å². The van der Waals surface area contributed by atoms with Crippen molar-refractivity contribution in [1.82, 2.24) is 4.90 Å². The number of hydrogen-bond acceptors (Lipinski definition) is 15. The number of aliphatic hydroxyl groups excluding tert-OH is 3. The zero-order valence-corrected chi connectivity index (χ0v) is 77.3. The minimum Gasteiger partial charge on any atom is -1.00 e. The van der Waals surface area contributed by atoms with Crippen molar-refractivity contribution in [3.05, 3.63) is 334 Å². The van der Waals surface area contributed by atoms with Crippen molar-refractivity contribution in [3.8, 4) is 66.8 Å². The van der Waals surface area contributed by atoms with Crippen LogP contribution in [0, 0.1) is 0 Å². The summed E-state index contributed by atoms with van der Waals surface area (Å²) in [5, 5.41) is 40.2. The van der Waals surface area contributed by atoms with Crippen LogP contribution < -0.4 is 91.8 Å². The van der Waals surface area contributed by atoms with Crippen LogP contribution >= 0.6 is 0 Å². The standard InChI is InChI=1S/C21H18N2O4.C19H21NO3.C19H19NO3.C18H19NO2.C14H13NO.C13H11N.CH4.B.2Na.2H/c24-12-18-15-4-2-1-3-14(15)16-6-5-13(11-17(16)18)22-19(25)9-10-23-20(26)7-8-21(23)27;2*1-19(2,3)23-18(22)20-12-8-9-15-13-6-4-5-7-14(13)17(11-21)16(15)10-12;1-18(2,3)21-17(20)19-14-8-9-16-13(11-14)10-12-6-4-5-7-15(12)16;15-9-5-6-12-10-3-1-2-4-11(10)14(8-16)13(12)7-9;14-11-5-6-13-10(8-11)7-9-3-1-2-4-12(9)13;;;;;;/h1-8,11,18,24H,9-10,12H2,(H,22,25);4-10,17,21H,11H2,1-3H3,(H,20,22);4-11,17H,1-3H3,(H,20,22);4-9,11H,10H2,1-3H3,(H,19,20);1-7,14,16H,8,15H2;1-6,8H,7,14H2;1H4;;;;;/q;;;;;;;;2*+1;2*-1. The van der Waals surface area contributed by atoms with Crippen LogP contribution in [0.15, 0.2) is 267 Å². The van der Waals surface area contributed by atoms with Gasteiger partial charge in [0, 0.05) is 85.4 Å². The van der Waals surface area contributed by atoms with Crippen LogP contribution in [0.25, 0.3) is 66.8 Å². The fourth-order valence-corrected chi connectivity index (χ4v) is 16.9. The molecule has 6 amide bonds. The summed E-state index contributed by atoms with van der Waals surface area (Å²) in [4.78, 5) is 83.5. The number of hydrogen-bond donors (Lipinski definition) is 9. The molecule has 3 radical (unpaired) electrons. The van der Waals surface area contributed by atoms with Gasteiger partial charge in [0.2, 0.25) is 5.91 Å². The SMILES string of the molecule is C.CC(C)(C)OC(=O)Nc1ccc2c(c1)C(C=O)c1ccccc1-2.CC(C)(C)OC(=O)Nc1ccc2c(c1)C(CO)c1ccccc1-2.CC(C)(C)OC(=O)Nc1ccc2c(c1)Cc1ccccc1-2.Nc1ccc2c(c1)C(CO)c1ccccc1-2.Nc1ccc2c(c1)Cc1ccccc1-2.O=C(CCN1C(=O)C=CC1=O)Nc1ccc2c(c1)C(CO)c1ccccc1-2.[B].[H-].[H-].[Na+].[Na+]. The number of imide groups is 1. The molecule has 0 bridgehead atoms. The number of rotatable bonds is 11. The number of anilines is 6. The van der Waals surface area contributed by atoms with Crippen molar-refractivity contribution >= 4 is 84.8 Å². The Balaban J connectivity index is 0.000000193. The third-order valence-corrected chi connectivity index (χ3v) is 22.1. The van der Waals surface area contributed by atoms with E-state index in [9.17, 15) is 48.9 Å². The molecule has 4 unspecified atom stereocenters. The molecule has 1 heterocycles. The molecule has 19 rings (SSSR count). The number of nitrogen functional groups attached to an aromatic ring is 2. The number of nitrogens with one attached hydrogen (secondary N) is 4. The van der Waals surface area contributed by atoms with E-state index in [1.54, 1.807) is 0 Å². The van der Waals surface area contributed by atoms with Crippen LogP contribution in [0.1, 0.15) is 169 Å². The fraction of sp³-hybridized carbons (Fsp3) is 0.229. The van der Waals surface area contributed by atoms with Gasteiger partial charge in [0.25, 0.3) is 11.8 Å². The zero-order valence-electron chi connectivity index (χ0n) is 75.3.